The summed E-state index contributed by atoms with van der Waals surface area (Å²) in [7, 11) is 0. The van der Waals surface area contributed by atoms with Crippen molar-refractivity contribution in [3.05, 3.63) is 187 Å². The zero-order valence-electron chi connectivity index (χ0n) is 26.8. The van der Waals surface area contributed by atoms with Crippen molar-refractivity contribution in [3.8, 4) is 44.9 Å². The van der Waals surface area contributed by atoms with Gasteiger partial charge in [0.25, 0.3) is 0 Å². The van der Waals surface area contributed by atoms with Gasteiger partial charge in [0.2, 0.25) is 0 Å². The minimum Gasteiger partial charge on any atom is -0.264 e. The van der Waals surface area contributed by atoms with E-state index in [1.54, 1.807) is 6.20 Å². The van der Waals surface area contributed by atoms with E-state index in [1.807, 2.05) is 24.5 Å². The lowest BCUT2D eigenvalue weighted by Crippen LogP contribution is -1.97. The van der Waals surface area contributed by atoms with Crippen molar-refractivity contribution in [1.82, 2.24) is 15.0 Å². The van der Waals surface area contributed by atoms with Crippen LogP contribution in [0.1, 0.15) is 11.1 Å². The molecule has 230 valence electrons. The van der Waals surface area contributed by atoms with E-state index in [2.05, 4.69) is 151 Å². The van der Waals surface area contributed by atoms with E-state index >= 15 is 0 Å². The topological polar surface area (TPSA) is 38.7 Å². The van der Waals surface area contributed by atoms with Crippen LogP contribution in [0.5, 0.6) is 0 Å². The molecule has 0 aliphatic rings. The Balaban J connectivity index is 1.14. The zero-order valence-corrected chi connectivity index (χ0v) is 26.8. The largest absolute Gasteiger partial charge is 0.264 e. The second-order valence-corrected chi connectivity index (χ2v) is 12.4. The first-order chi connectivity index (χ1) is 24.3. The minimum absolute atomic E-state index is 0.705. The van der Waals surface area contributed by atoms with Crippen LogP contribution in [0.4, 0.5) is 0 Å². The highest BCUT2D eigenvalue weighted by molar-refractivity contribution is 6.15. The molecule has 3 heteroatoms. The molecule has 0 saturated heterocycles. The van der Waals surface area contributed by atoms with E-state index in [1.165, 1.54) is 49.0 Å². The number of hydrogen-bond acceptors (Lipinski definition) is 3. The van der Waals surface area contributed by atoms with Crippen LogP contribution in [0.3, 0.4) is 0 Å². The molecule has 3 nitrogen and oxygen atoms in total. The fourth-order valence-corrected chi connectivity index (χ4v) is 7.20. The van der Waals surface area contributed by atoms with E-state index in [-0.39, 0.29) is 0 Å². The summed E-state index contributed by atoms with van der Waals surface area (Å²) >= 11 is 0. The molecule has 9 rings (SSSR count). The first kappa shape index (κ1) is 28.7. The summed E-state index contributed by atoms with van der Waals surface area (Å²) in [6, 6.07) is 56.2. The summed E-state index contributed by atoms with van der Waals surface area (Å²) in [5.74, 6) is 0.705. The maximum atomic E-state index is 5.04. The molecule has 0 aliphatic heterocycles. The number of hydrogen-bond donors (Lipinski definition) is 0. The van der Waals surface area contributed by atoms with Crippen molar-refractivity contribution in [2.75, 3.05) is 0 Å². The molecule has 0 unspecified atom stereocenters. The molecular formula is C46H31N3. The lowest BCUT2D eigenvalue weighted by molar-refractivity contribution is 1.18. The lowest BCUT2D eigenvalue weighted by atomic mass is 9.85. The van der Waals surface area contributed by atoms with Crippen LogP contribution >= 0.6 is 0 Å². The van der Waals surface area contributed by atoms with Gasteiger partial charge < -0.3 is 0 Å². The van der Waals surface area contributed by atoms with Gasteiger partial charge in [-0.2, -0.15) is 0 Å². The van der Waals surface area contributed by atoms with Crippen molar-refractivity contribution in [3.63, 3.8) is 0 Å². The number of aromatic nitrogens is 3. The average Bonchev–Trinajstić information content (AvgIpc) is 3.18. The molecule has 0 atom stereocenters. The molecule has 0 amide bonds. The molecule has 9 aromatic rings. The number of rotatable bonds is 6. The Bertz CT molecular complexity index is 2560. The summed E-state index contributed by atoms with van der Waals surface area (Å²) < 4.78 is 0. The molecule has 0 radical (unpaired) electrons. The van der Waals surface area contributed by atoms with Crippen molar-refractivity contribution in [2.24, 2.45) is 0 Å². The van der Waals surface area contributed by atoms with E-state index in [9.17, 15) is 0 Å². The van der Waals surface area contributed by atoms with Crippen LogP contribution in [0.15, 0.2) is 176 Å². The molecule has 0 saturated carbocycles. The number of nitrogens with zero attached hydrogens (tertiary/aromatic N) is 3. The molecule has 0 fully saturated rings. The van der Waals surface area contributed by atoms with E-state index in [0.29, 0.717) is 5.82 Å². The smallest absolute Gasteiger partial charge is 0.159 e. The molecule has 2 heterocycles. The summed E-state index contributed by atoms with van der Waals surface area (Å²) in [5, 5.41) is 7.63. The summed E-state index contributed by atoms with van der Waals surface area (Å²) in [5.41, 5.74) is 10.2. The standard InChI is InChI=1S/C46H31N3/c1-2-16-38-32(10-1)11-7-12-34(38)29-43-39-17-3-5-19-41(39)45(42-20-6-4-18-40(42)43)35-13-8-14-36(28-35)46-48-27-25-44(49-46)33-23-21-31(22-24-33)37-15-9-26-47-30-37/h1-28,30H,29H2. The first-order valence-corrected chi connectivity index (χ1v) is 16.6. The second-order valence-electron chi connectivity index (χ2n) is 12.4. The Morgan fingerprint density at radius 1 is 0.429 bits per heavy atom. The van der Waals surface area contributed by atoms with Crippen LogP contribution in [0.2, 0.25) is 0 Å². The van der Waals surface area contributed by atoms with Crippen molar-refractivity contribution >= 4 is 32.3 Å². The average molecular weight is 626 g/mol. The van der Waals surface area contributed by atoms with Gasteiger partial charge in [-0.15, -0.1) is 0 Å². The Morgan fingerprint density at radius 2 is 1.06 bits per heavy atom. The molecule has 0 aliphatic carbocycles. The molecule has 49 heavy (non-hydrogen) atoms. The fourth-order valence-electron chi connectivity index (χ4n) is 7.20. The SMILES string of the molecule is c1cncc(-c2ccc(-c3ccnc(-c4cccc(-c5c6ccccc6c(Cc6cccc7ccccc67)c6ccccc56)c4)n3)cc2)c1. The van der Waals surface area contributed by atoms with Gasteiger partial charge in [0, 0.05) is 29.7 Å². The highest BCUT2D eigenvalue weighted by Crippen LogP contribution is 2.41. The van der Waals surface area contributed by atoms with Gasteiger partial charge in [0.05, 0.1) is 5.69 Å². The third-order valence-electron chi connectivity index (χ3n) is 9.53. The van der Waals surface area contributed by atoms with Crippen molar-refractivity contribution < 1.29 is 0 Å². The van der Waals surface area contributed by atoms with Crippen LogP contribution < -0.4 is 0 Å². The van der Waals surface area contributed by atoms with Gasteiger partial charge in [-0.25, -0.2) is 9.97 Å². The molecule has 7 aromatic carbocycles. The van der Waals surface area contributed by atoms with Crippen LogP contribution in [0.25, 0.3) is 77.2 Å². The number of benzene rings is 7. The van der Waals surface area contributed by atoms with Gasteiger partial charge >= 0.3 is 0 Å². The number of fused-ring (bicyclic) bond motifs is 3. The molecule has 0 bridgehead atoms. The molecule has 0 N–H and O–H groups in total. The summed E-state index contributed by atoms with van der Waals surface area (Å²) in [6.07, 6.45) is 6.39. The lowest BCUT2D eigenvalue weighted by Gasteiger charge is -2.18. The highest BCUT2D eigenvalue weighted by atomic mass is 14.9. The van der Waals surface area contributed by atoms with E-state index < -0.39 is 0 Å². The van der Waals surface area contributed by atoms with Crippen LogP contribution in [0, 0.1) is 0 Å². The van der Waals surface area contributed by atoms with Gasteiger partial charge in [-0.3, -0.25) is 4.98 Å². The predicted octanol–water partition coefficient (Wildman–Crippen LogP) is 11.6. The normalized spacial score (nSPS) is 11.3. The Morgan fingerprint density at radius 3 is 1.82 bits per heavy atom. The Kier molecular flexibility index (Phi) is 7.21. The fraction of sp³-hybridized carbons (Fsp3) is 0.0217. The van der Waals surface area contributed by atoms with Gasteiger partial charge in [0.15, 0.2) is 5.82 Å². The van der Waals surface area contributed by atoms with Gasteiger partial charge in [0.1, 0.15) is 0 Å². The first-order valence-electron chi connectivity index (χ1n) is 16.6. The van der Waals surface area contributed by atoms with Crippen molar-refractivity contribution in [1.29, 1.82) is 0 Å². The minimum atomic E-state index is 0.705. The monoisotopic (exact) mass is 625 g/mol. The Labute approximate surface area is 285 Å². The van der Waals surface area contributed by atoms with Crippen molar-refractivity contribution in [2.45, 2.75) is 6.42 Å². The zero-order chi connectivity index (χ0) is 32.6. The van der Waals surface area contributed by atoms with E-state index in [4.69, 9.17) is 9.97 Å². The van der Waals surface area contributed by atoms with Crippen LogP contribution in [-0.4, -0.2) is 15.0 Å². The number of pyridine rings is 1. The molecule has 2 aromatic heterocycles. The predicted molar refractivity (Wildman–Crippen MR) is 203 cm³/mol. The third-order valence-corrected chi connectivity index (χ3v) is 9.53. The maximum absolute atomic E-state index is 5.04. The van der Waals surface area contributed by atoms with Gasteiger partial charge in [-0.1, -0.05) is 140 Å². The molecular weight excluding hydrogens is 595 g/mol. The molecule has 0 spiro atoms. The second kappa shape index (κ2) is 12.3. The highest BCUT2D eigenvalue weighted by Gasteiger charge is 2.17. The summed E-state index contributed by atoms with van der Waals surface area (Å²) in [6.45, 7) is 0. The quantitative estimate of drug-likeness (QED) is 0.173. The Hall–Kier alpha value is -6.45. The van der Waals surface area contributed by atoms with Crippen LogP contribution in [-0.2, 0) is 6.42 Å². The summed E-state index contributed by atoms with van der Waals surface area (Å²) in [4.78, 5) is 14.0. The third kappa shape index (κ3) is 5.32. The maximum Gasteiger partial charge on any atom is 0.159 e. The van der Waals surface area contributed by atoms with E-state index in [0.717, 1.165) is 39.9 Å². The van der Waals surface area contributed by atoms with Gasteiger partial charge in [-0.05, 0) is 90.3 Å².